The molecular weight excluding hydrogens is 208 g/mol. The average molecular weight is 238 g/mol. The molecule has 0 amide bonds. The van der Waals surface area contributed by atoms with Crippen LogP contribution in [0.4, 0.5) is 0 Å². The standard InChI is InChI=1S/C15H30N2/c1-13(14(2)16)12-17-10-8-15(9-11-17)6-4-3-5-7-15/h13-14H,3-12,16H2,1-2H3. The van der Waals surface area contributed by atoms with Gasteiger partial charge in [0.2, 0.25) is 0 Å². The van der Waals surface area contributed by atoms with Crippen molar-refractivity contribution in [2.24, 2.45) is 17.1 Å². The lowest BCUT2D eigenvalue weighted by atomic mass is 9.68. The summed E-state index contributed by atoms with van der Waals surface area (Å²) < 4.78 is 0. The van der Waals surface area contributed by atoms with E-state index in [1.807, 2.05) is 0 Å². The van der Waals surface area contributed by atoms with Gasteiger partial charge in [0.1, 0.15) is 0 Å². The monoisotopic (exact) mass is 238 g/mol. The zero-order chi connectivity index (χ0) is 12.3. The summed E-state index contributed by atoms with van der Waals surface area (Å²) in [6.45, 7) is 8.26. The van der Waals surface area contributed by atoms with E-state index < -0.39 is 0 Å². The van der Waals surface area contributed by atoms with Gasteiger partial charge in [0.25, 0.3) is 0 Å². The fraction of sp³-hybridized carbons (Fsp3) is 1.00. The summed E-state index contributed by atoms with van der Waals surface area (Å²) in [5, 5.41) is 0. The summed E-state index contributed by atoms with van der Waals surface area (Å²) >= 11 is 0. The van der Waals surface area contributed by atoms with E-state index in [0.29, 0.717) is 12.0 Å². The van der Waals surface area contributed by atoms with Crippen molar-refractivity contribution >= 4 is 0 Å². The minimum atomic E-state index is 0.334. The predicted molar refractivity (Wildman–Crippen MR) is 74.0 cm³/mol. The Balaban J connectivity index is 1.77. The van der Waals surface area contributed by atoms with E-state index in [1.165, 1.54) is 64.6 Å². The molecule has 1 aliphatic heterocycles. The number of nitrogens with two attached hydrogens (primary N) is 1. The van der Waals surface area contributed by atoms with Crippen LogP contribution >= 0.6 is 0 Å². The van der Waals surface area contributed by atoms with E-state index in [0.717, 1.165) is 5.41 Å². The largest absolute Gasteiger partial charge is 0.328 e. The van der Waals surface area contributed by atoms with E-state index in [4.69, 9.17) is 5.73 Å². The van der Waals surface area contributed by atoms with Crippen LogP contribution in [-0.2, 0) is 0 Å². The fourth-order valence-corrected chi connectivity index (χ4v) is 3.59. The van der Waals surface area contributed by atoms with Crippen LogP contribution in [-0.4, -0.2) is 30.6 Å². The van der Waals surface area contributed by atoms with Crippen molar-refractivity contribution in [3.63, 3.8) is 0 Å². The maximum Gasteiger partial charge on any atom is 0.00483 e. The number of nitrogens with zero attached hydrogens (tertiary/aromatic N) is 1. The molecule has 2 rings (SSSR count). The van der Waals surface area contributed by atoms with Gasteiger partial charge >= 0.3 is 0 Å². The fourth-order valence-electron chi connectivity index (χ4n) is 3.59. The van der Waals surface area contributed by atoms with Gasteiger partial charge in [-0.3, -0.25) is 0 Å². The topological polar surface area (TPSA) is 29.3 Å². The molecular formula is C15H30N2. The van der Waals surface area contributed by atoms with Crippen LogP contribution in [0.5, 0.6) is 0 Å². The van der Waals surface area contributed by atoms with Gasteiger partial charge in [-0.25, -0.2) is 0 Å². The van der Waals surface area contributed by atoms with Crippen LogP contribution in [0.2, 0.25) is 0 Å². The van der Waals surface area contributed by atoms with Gasteiger partial charge in [0.15, 0.2) is 0 Å². The van der Waals surface area contributed by atoms with Gasteiger partial charge < -0.3 is 10.6 Å². The molecule has 100 valence electrons. The second-order valence-corrected chi connectivity index (χ2v) is 6.70. The van der Waals surface area contributed by atoms with Crippen LogP contribution in [0.25, 0.3) is 0 Å². The van der Waals surface area contributed by atoms with Crippen LogP contribution in [0.15, 0.2) is 0 Å². The van der Waals surface area contributed by atoms with Crippen molar-refractivity contribution in [2.75, 3.05) is 19.6 Å². The predicted octanol–water partition coefficient (Wildman–Crippen LogP) is 3.02. The molecule has 0 aromatic rings. The molecule has 17 heavy (non-hydrogen) atoms. The summed E-state index contributed by atoms with van der Waals surface area (Å²) in [6, 6.07) is 0.334. The molecule has 1 heterocycles. The van der Waals surface area contributed by atoms with Crippen LogP contribution in [0.1, 0.15) is 58.8 Å². The van der Waals surface area contributed by atoms with Crippen LogP contribution < -0.4 is 5.73 Å². The second kappa shape index (κ2) is 5.71. The molecule has 0 bridgehead atoms. The minimum absolute atomic E-state index is 0.334. The van der Waals surface area contributed by atoms with E-state index in [-0.39, 0.29) is 0 Å². The van der Waals surface area contributed by atoms with Crippen LogP contribution in [0.3, 0.4) is 0 Å². The zero-order valence-electron chi connectivity index (χ0n) is 11.8. The first-order chi connectivity index (χ1) is 8.11. The highest BCUT2D eigenvalue weighted by molar-refractivity contribution is 4.88. The van der Waals surface area contributed by atoms with Gasteiger partial charge in [0, 0.05) is 12.6 Å². The highest BCUT2D eigenvalue weighted by Crippen LogP contribution is 2.44. The SMILES string of the molecule is CC(N)C(C)CN1CCC2(CCCCC2)CC1. The normalized spacial score (nSPS) is 29.1. The second-order valence-electron chi connectivity index (χ2n) is 6.70. The molecule has 0 aromatic heterocycles. The third-order valence-electron chi connectivity index (χ3n) is 5.27. The molecule has 1 saturated heterocycles. The molecule has 0 radical (unpaired) electrons. The number of hydrogen-bond donors (Lipinski definition) is 1. The molecule has 1 spiro atoms. The zero-order valence-corrected chi connectivity index (χ0v) is 11.8. The Bertz CT molecular complexity index is 221. The van der Waals surface area contributed by atoms with Gasteiger partial charge in [-0.05, 0) is 57.0 Å². The third-order valence-corrected chi connectivity index (χ3v) is 5.27. The number of likely N-dealkylation sites (tertiary alicyclic amines) is 1. The average Bonchev–Trinajstić information content (AvgIpc) is 2.33. The lowest BCUT2D eigenvalue weighted by Crippen LogP contribution is -2.44. The van der Waals surface area contributed by atoms with E-state index in [1.54, 1.807) is 0 Å². The van der Waals surface area contributed by atoms with Gasteiger partial charge in [-0.15, -0.1) is 0 Å². The first-order valence-electron chi connectivity index (χ1n) is 7.59. The smallest absolute Gasteiger partial charge is 0.00483 e. The Morgan fingerprint density at radius 1 is 1.00 bits per heavy atom. The number of hydrogen-bond acceptors (Lipinski definition) is 2. The molecule has 1 saturated carbocycles. The van der Waals surface area contributed by atoms with E-state index in [9.17, 15) is 0 Å². The molecule has 2 nitrogen and oxygen atoms in total. The minimum Gasteiger partial charge on any atom is -0.328 e. The van der Waals surface area contributed by atoms with Gasteiger partial charge in [-0.2, -0.15) is 0 Å². The lowest BCUT2D eigenvalue weighted by molar-refractivity contribution is 0.0595. The Hall–Kier alpha value is -0.0800. The molecule has 2 atom stereocenters. The molecule has 2 fully saturated rings. The number of rotatable bonds is 3. The van der Waals surface area contributed by atoms with Crippen molar-refractivity contribution in [2.45, 2.75) is 64.8 Å². The Kier molecular flexibility index (Phi) is 4.48. The summed E-state index contributed by atoms with van der Waals surface area (Å²) in [7, 11) is 0. The van der Waals surface area contributed by atoms with Crippen molar-refractivity contribution in [3.05, 3.63) is 0 Å². The Morgan fingerprint density at radius 3 is 2.12 bits per heavy atom. The third kappa shape index (κ3) is 3.45. The van der Waals surface area contributed by atoms with E-state index >= 15 is 0 Å². The first kappa shape index (κ1) is 13.4. The molecule has 0 aromatic carbocycles. The molecule has 1 aliphatic carbocycles. The van der Waals surface area contributed by atoms with Crippen molar-refractivity contribution < 1.29 is 0 Å². The van der Waals surface area contributed by atoms with Gasteiger partial charge in [-0.1, -0.05) is 26.2 Å². The highest BCUT2D eigenvalue weighted by atomic mass is 15.1. The first-order valence-corrected chi connectivity index (χ1v) is 7.59. The highest BCUT2D eigenvalue weighted by Gasteiger charge is 2.35. The van der Waals surface area contributed by atoms with Gasteiger partial charge in [0.05, 0.1) is 0 Å². The Morgan fingerprint density at radius 2 is 1.59 bits per heavy atom. The summed E-state index contributed by atoms with van der Waals surface area (Å²) in [4.78, 5) is 2.65. The van der Waals surface area contributed by atoms with Crippen LogP contribution in [0, 0.1) is 11.3 Å². The number of piperidine rings is 1. The molecule has 2 aliphatic rings. The lowest BCUT2D eigenvalue weighted by Gasteiger charge is -2.45. The molecule has 2 unspecified atom stereocenters. The summed E-state index contributed by atoms with van der Waals surface area (Å²) in [5.74, 6) is 0.635. The van der Waals surface area contributed by atoms with E-state index in [2.05, 4.69) is 18.7 Å². The quantitative estimate of drug-likeness (QED) is 0.819. The molecule has 2 heteroatoms. The maximum atomic E-state index is 5.96. The van der Waals surface area contributed by atoms with Crippen molar-refractivity contribution in [1.29, 1.82) is 0 Å². The maximum absolute atomic E-state index is 5.96. The summed E-state index contributed by atoms with van der Waals surface area (Å²) in [6.07, 6.45) is 10.3. The molecule has 2 N–H and O–H groups in total. The van der Waals surface area contributed by atoms with Crippen molar-refractivity contribution in [1.82, 2.24) is 4.90 Å². The summed E-state index contributed by atoms with van der Waals surface area (Å²) in [5.41, 5.74) is 6.71. The Labute approximate surface area is 107 Å². The van der Waals surface area contributed by atoms with Crippen molar-refractivity contribution in [3.8, 4) is 0 Å².